The number of hydrogen-bond acceptors (Lipinski definition) is 2. The molecular formula is C21H16Cl2OS. The Hall–Kier alpha value is -1.48. The maximum atomic E-state index is 6.98. The number of hydrogen-bond donors (Lipinski definition) is 0. The predicted octanol–water partition coefficient (Wildman–Crippen LogP) is 6.36. The van der Waals surface area contributed by atoms with Gasteiger partial charge in [-0.3, -0.25) is 0 Å². The molecule has 0 spiro atoms. The van der Waals surface area contributed by atoms with Gasteiger partial charge in [0.05, 0.1) is 10.3 Å². The first-order chi connectivity index (χ1) is 12.0. The summed E-state index contributed by atoms with van der Waals surface area (Å²) in [6.07, 6.45) is 0. The van der Waals surface area contributed by atoms with Gasteiger partial charge >= 0.3 is 0 Å². The van der Waals surface area contributed by atoms with Crippen molar-refractivity contribution in [3.8, 4) is 5.75 Å². The summed E-state index contributed by atoms with van der Waals surface area (Å²) in [5.74, 6) is 0.932. The number of alkyl halides is 2. The second-order valence-electron chi connectivity index (χ2n) is 6.92. The Morgan fingerprint density at radius 3 is 2.36 bits per heavy atom. The van der Waals surface area contributed by atoms with E-state index in [1.165, 1.54) is 5.56 Å². The summed E-state index contributed by atoms with van der Waals surface area (Å²) in [4.78, 5) is 1.08. The van der Waals surface area contributed by atoms with E-state index in [0.29, 0.717) is 0 Å². The number of fused-ring (bicyclic) bond motifs is 2. The number of ether oxygens (including phenoxy) is 1. The summed E-state index contributed by atoms with van der Waals surface area (Å²) < 4.78 is 5.54. The average Bonchev–Trinajstić information content (AvgIpc) is 3.01. The van der Waals surface area contributed by atoms with Crippen molar-refractivity contribution in [3.63, 3.8) is 0 Å². The third kappa shape index (κ3) is 1.71. The molecule has 2 aliphatic rings. The Kier molecular flexibility index (Phi) is 3.17. The fraction of sp³-hybridized carbons (Fsp3) is 0.238. The van der Waals surface area contributed by atoms with Crippen LogP contribution in [0.25, 0.3) is 0 Å². The summed E-state index contributed by atoms with van der Waals surface area (Å²) in [6.45, 7) is 2.15. The molecule has 2 aromatic carbocycles. The van der Waals surface area contributed by atoms with Gasteiger partial charge in [0.1, 0.15) is 5.75 Å². The molecule has 1 nitrogen and oxygen atoms in total. The van der Waals surface area contributed by atoms with Crippen LogP contribution in [0, 0.1) is 5.41 Å². The second kappa shape index (κ2) is 5.03. The maximum absolute atomic E-state index is 6.98. The van der Waals surface area contributed by atoms with E-state index in [2.05, 4.69) is 43.3 Å². The van der Waals surface area contributed by atoms with Gasteiger partial charge in [0.25, 0.3) is 0 Å². The highest BCUT2D eigenvalue weighted by molar-refractivity contribution is 7.10. The van der Waals surface area contributed by atoms with E-state index in [9.17, 15) is 0 Å². The summed E-state index contributed by atoms with van der Waals surface area (Å²) >= 11 is 15.6. The quantitative estimate of drug-likeness (QED) is 0.465. The van der Waals surface area contributed by atoms with Crippen molar-refractivity contribution >= 4 is 34.5 Å². The minimum atomic E-state index is -1.01. The first-order valence-electron chi connectivity index (χ1n) is 8.29. The summed E-state index contributed by atoms with van der Waals surface area (Å²) in [5.41, 5.74) is 1.17. The van der Waals surface area contributed by atoms with Crippen molar-refractivity contribution in [2.24, 2.45) is 5.41 Å². The van der Waals surface area contributed by atoms with E-state index in [0.717, 1.165) is 16.2 Å². The molecule has 1 aromatic heterocycles. The lowest BCUT2D eigenvalue weighted by molar-refractivity contribution is 0.105. The normalized spacial score (nSPS) is 31.6. The molecule has 0 saturated heterocycles. The van der Waals surface area contributed by atoms with Crippen molar-refractivity contribution in [1.29, 1.82) is 0 Å². The van der Waals surface area contributed by atoms with E-state index in [1.54, 1.807) is 11.3 Å². The van der Waals surface area contributed by atoms with Crippen LogP contribution in [-0.4, -0.2) is 4.33 Å². The smallest absolute Gasteiger partial charge is 0.186 e. The average molecular weight is 387 g/mol. The first kappa shape index (κ1) is 15.7. The number of benzene rings is 2. The standard InChI is InChI=1S/C21H16Cl2OS/c1-19-18(14-8-3-2-4-9-14)15-10-5-6-11-16(15)24-20(19,21(19,22)23)17-12-7-13-25-17/h2-13,18H,1H3/t18-,19+,20-/m1/s1. The van der Waals surface area contributed by atoms with Gasteiger partial charge in [-0.05, 0) is 23.1 Å². The van der Waals surface area contributed by atoms with E-state index >= 15 is 0 Å². The van der Waals surface area contributed by atoms with Crippen molar-refractivity contribution in [2.45, 2.75) is 22.8 Å². The predicted molar refractivity (Wildman–Crippen MR) is 104 cm³/mol. The zero-order chi connectivity index (χ0) is 17.3. The highest BCUT2D eigenvalue weighted by Crippen LogP contribution is 2.85. The molecule has 2 heterocycles. The molecule has 126 valence electrons. The van der Waals surface area contributed by atoms with Gasteiger partial charge in [0.15, 0.2) is 9.93 Å². The molecule has 0 radical (unpaired) electrons. The zero-order valence-corrected chi connectivity index (χ0v) is 15.9. The van der Waals surface area contributed by atoms with Crippen molar-refractivity contribution < 1.29 is 4.74 Å². The maximum Gasteiger partial charge on any atom is 0.186 e. The fourth-order valence-electron chi connectivity index (χ4n) is 4.56. The first-order valence-corrected chi connectivity index (χ1v) is 9.92. The molecule has 5 rings (SSSR count). The molecule has 1 aliphatic heterocycles. The molecule has 0 unspecified atom stereocenters. The topological polar surface area (TPSA) is 9.23 Å². The van der Waals surface area contributed by atoms with Crippen molar-refractivity contribution in [1.82, 2.24) is 0 Å². The number of halogens is 2. The number of rotatable bonds is 2. The Bertz CT molecular complexity index is 938. The van der Waals surface area contributed by atoms with Crippen LogP contribution in [-0.2, 0) is 5.60 Å². The Morgan fingerprint density at radius 2 is 1.64 bits per heavy atom. The molecule has 3 aromatic rings. The highest BCUT2D eigenvalue weighted by Gasteiger charge is 2.92. The molecular weight excluding hydrogens is 371 g/mol. The van der Waals surface area contributed by atoms with Crippen molar-refractivity contribution in [2.75, 3.05) is 0 Å². The van der Waals surface area contributed by atoms with Gasteiger partial charge in [0.2, 0.25) is 0 Å². The van der Waals surface area contributed by atoms with Gasteiger partial charge in [-0.1, -0.05) is 84.7 Å². The second-order valence-corrected chi connectivity index (χ2v) is 9.19. The number of para-hydroxylation sites is 1. The third-order valence-corrected chi connectivity index (χ3v) is 8.12. The molecule has 25 heavy (non-hydrogen) atoms. The zero-order valence-electron chi connectivity index (χ0n) is 13.6. The molecule has 3 atom stereocenters. The third-order valence-electron chi connectivity index (χ3n) is 5.83. The van der Waals surface area contributed by atoms with E-state index in [1.807, 2.05) is 35.7 Å². The molecule has 1 saturated carbocycles. The summed E-state index contributed by atoms with van der Waals surface area (Å²) in [5, 5.41) is 2.05. The Balaban J connectivity index is 1.81. The van der Waals surface area contributed by atoms with Crippen LogP contribution in [0.3, 0.4) is 0 Å². The van der Waals surface area contributed by atoms with E-state index in [4.69, 9.17) is 27.9 Å². The summed E-state index contributed by atoms with van der Waals surface area (Å²) in [7, 11) is 0. The van der Waals surface area contributed by atoms with Gasteiger partial charge in [-0.2, -0.15) is 0 Å². The lowest BCUT2D eigenvalue weighted by Crippen LogP contribution is -2.32. The van der Waals surface area contributed by atoms with Crippen LogP contribution in [0.1, 0.15) is 28.8 Å². The van der Waals surface area contributed by atoms with Gasteiger partial charge in [-0.15, -0.1) is 11.3 Å². The molecule has 1 fully saturated rings. The van der Waals surface area contributed by atoms with Crippen LogP contribution in [0.15, 0.2) is 72.1 Å². The SMILES string of the molecule is C[C@]12[C@H](c3ccccc3)c3ccccc3O[C@@]1(c1cccs1)C2(Cl)Cl. The number of thiophene rings is 1. The Morgan fingerprint density at radius 1 is 0.920 bits per heavy atom. The minimum absolute atomic E-state index is 0.0655. The molecule has 0 amide bonds. The molecule has 1 aliphatic carbocycles. The van der Waals surface area contributed by atoms with Crippen LogP contribution in [0.2, 0.25) is 0 Å². The summed E-state index contributed by atoms with van der Waals surface area (Å²) in [6, 6.07) is 22.8. The van der Waals surface area contributed by atoms with Crippen molar-refractivity contribution in [3.05, 3.63) is 88.1 Å². The fourth-order valence-corrected chi connectivity index (χ4v) is 6.77. The monoisotopic (exact) mass is 386 g/mol. The van der Waals surface area contributed by atoms with Gasteiger partial charge in [-0.25, -0.2) is 0 Å². The largest absolute Gasteiger partial charge is 0.477 e. The molecule has 0 bridgehead atoms. The van der Waals surface area contributed by atoms with Crippen LogP contribution < -0.4 is 4.74 Å². The minimum Gasteiger partial charge on any atom is -0.477 e. The lowest BCUT2D eigenvalue weighted by Gasteiger charge is -2.36. The van der Waals surface area contributed by atoms with E-state index < -0.39 is 15.3 Å². The van der Waals surface area contributed by atoms with E-state index in [-0.39, 0.29) is 5.92 Å². The van der Waals surface area contributed by atoms with Crippen LogP contribution in [0.5, 0.6) is 5.75 Å². The van der Waals surface area contributed by atoms with Crippen LogP contribution in [0.4, 0.5) is 0 Å². The molecule has 0 N–H and O–H groups in total. The molecule has 4 heteroatoms. The highest BCUT2D eigenvalue weighted by atomic mass is 35.5. The van der Waals surface area contributed by atoms with Crippen LogP contribution >= 0.6 is 34.5 Å². The Labute approximate surface area is 161 Å². The van der Waals surface area contributed by atoms with Gasteiger partial charge < -0.3 is 4.74 Å². The lowest BCUT2D eigenvalue weighted by atomic mass is 9.75. The van der Waals surface area contributed by atoms with Gasteiger partial charge in [0, 0.05) is 11.5 Å².